The predicted molar refractivity (Wildman–Crippen MR) is 78.1 cm³/mol. The Morgan fingerprint density at radius 2 is 2.00 bits per heavy atom. The smallest absolute Gasteiger partial charge is 0.240 e. The van der Waals surface area contributed by atoms with Gasteiger partial charge in [0.05, 0.1) is 11.0 Å². The van der Waals surface area contributed by atoms with E-state index in [1.807, 2.05) is 0 Å². The molecule has 0 unspecified atom stereocenters. The molecule has 0 saturated heterocycles. The summed E-state index contributed by atoms with van der Waals surface area (Å²) in [6, 6.07) is 4.86. The lowest BCUT2D eigenvalue weighted by atomic mass is 9.97. The van der Waals surface area contributed by atoms with Crippen molar-refractivity contribution in [3.05, 3.63) is 23.8 Å². The summed E-state index contributed by atoms with van der Waals surface area (Å²) >= 11 is 0. The van der Waals surface area contributed by atoms with Crippen LogP contribution in [0.15, 0.2) is 23.1 Å². The maximum Gasteiger partial charge on any atom is 0.240 e. The first-order valence-corrected chi connectivity index (χ1v) is 8.48. The van der Waals surface area contributed by atoms with E-state index < -0.39 is 10.0 Å². The molecule has 1 aromatic carbocycles. The van der Waals surface area contributed by atoms with E-state index in [0.29, 0.717) is 5.75 Å². The van der Waals surface area contributed by atoms with Crippen LogP contribution in [0.4, 0.5) is 0 Å². The molecule has 0 bridgehead atoms. The molecular formula is C14H22N2O3S. The van der Waals surface area contributed by atoms with Gasteiger partial charge in [-0.15, -0.1) is 0 Å². The van der Waals surface area contributed by atoms with Crippen LogP contribution in [-0.4, -0.2) is 21.6 Å². The standard InChI is InChI=1S/C14H22N2O3S/c1-16-20(17,18)13-7-8-14(11(9-13)10-15)19-12-5-3-2-4-6-12/h7-9,12,16H,2-6,10,15H2,1H3. The summed E-state index contributed by atoms with van der Waals surface area (Å²) < 4.78 is 31.8. The van der Waals surface area contributed by atoms with Gasteiger partial charge in [0.2, 0.25) is 10.0 Å². The average Bonchev–Trinajstić information content (AvgIpc) is 2.48. The molecule has 1 saturated carbocycles. The van der Waals surface area contributed by atoms with E-state index in [9.17, 15) is 8.42 Å². The van der Waals surface area contributed by atoms with E-state index in [1.54, 1.807) is 18.2 Å². The fourth-order valence-electron chi connectivity index (χ4n) is 2.48. The van der Waals surface area contributed by atoms with Crippen LogP contribution in [0.1, 0.15) is 37.7 Å². The summed E-state index contributed by atoms with van der Waals surface area (Å²) in [7, 11) is -2.05. The zero-order valence-electron chi connectivity index (χ0n) is 11.8. The number of nitrogens with one attached hydrogen (secondary N) is 1. The van der Waals surface area contributed by atoms with E-state index in [-0.39, 0.29) is 17.5 Å². The van der Waals surface area contributed by atoms with E-state index in [1.165, 1.54) is 26.3 Å². The molecule has 1 aromatic rings. The van der Waals surface area contributed by atoms with Gasteiger partial charge in [0.1, 0.15) is 5.75 Å². The van der Waals surface area contributed by atoms with E-state index in [4.69, 9.17) is 10.5 Å². The first-order valence-electron chi connectivity index (χ1n) is 7.00. The minimum atomic E-state index is -3.44. The van der Waals surface area contributed by atoms with E-state index in [0.717, 1.165) is 18.4 Å². The van der Waals surface area contributed by atoms with E-state index in [2.05, 4.69) is 4.72 Å². The molecule has 0 atom stereocenters. The Kier molecular flexibility index (Phi) is 5.01. The Bertz CT molecular complexity index is 552. The second-order valence-electron chi connectivity index (χ2n) is 5.06. The number of nitrogens with two attached hydrogens (primary N) is 1. The first-order chi connectivity index (χ1) is 9.56. The van der Waals surface area contributed by atoms with Crippen LogP contribution in [0.2, 0.25) is 0 Å². The van der Waals surface area contributed by atoms with Crippen molar-refractivity contribution in [2.45, 2.75) is 49.6 Å². The topological polar surface area (TPSA) is 81.4 Å². The summed E-state index contributed by atoms with van der Waals surface area (Å²) in [5.41, 5.74) is 6.44. The molecular weight excluding hydrogens is 276 g/mol. The van der Waals surface area contributed by atoms with Crippen LogP contribution in [-0.2, 0) is 16.6 Å². The number of ether oxygens (including phenoxy) is 1. The summed E-state index contributed by atoms with van der Waals surface area (Å²) in [4.78, 5) is 0.219. The number of rotatable bonds is 5. The quantitative estimate of drug-likeness (QED) is 0.868. The monoisotopic (exact) mass is 298 g/mol. The number of sulfonamides is 1. The molecule has 0 heterocycles. The maximum atomic E-state index is 11.8. The summed E-state index contributed by atoms with van der Waals surface area (Å²) in [6.07, 6.45) is 5.98. The summed E-state index contributed by atoms with van der Waals surface area (Å²) in [6.45, 7) is 0.259. The zero-order valence-corrected chi connectivity index (χ0v) is 12.6. The molecule has 1 aliphatic carbocycles. The van der Waals surface area contributed by atoms with Crippen molar-refractivity contribution < 1.29 is 13.2 Å². The van der Waals surface area contributed by atoms with Gasteiger partial charge in [0.15, 0.2) is 0 Å². The highest BCUT2D eigenvalue weighted by Gasteiger charge is 2.18. The predicted octanol–water partition coefficient (Wildman–Crippen LogP) is 1.76. The van der Waals surface area contributed by atoms with Crippen molar-refractivity contribution in [3.63, 3.8) is 0 Å². The average molecular weight is 298 g/mol. The molecule has 20 heavy (non-hydrogen) atoms. The SMILES string of the molecule is CNS(=O)(=O)c1ccc(OC2CCCCC2)c(CN)c1. The Hall–Kier alpha value is -1.11. The minimum absolute atomic E-state index is 0.219. The molecule has 0 amide bonds. The van der Waals surface area contributed by atoms with Gasteiger partial charge in [-0.25, -0.2) is 13.1 Å². The van der Waals surface area contributed by atoms with Gasteiger partial charge in [-0.2, -0.15) is 0 Å². The summed E-state index contributed by atoms with van der Waals surface area (Å²) in [5, 5.41) is 0. The first kappa shape index (κ1) is 15.3. The van der Waals surface area contributed by atoms with Crippen molar-refractivity contribution in [3.8, 4) is 5.75 Å². The van der Waals surface area contributed by atoms with Gasteiger partial charge in [-0.05, 0) is 50.9 Å². The van der Waals surface area contributed by atoms with Crippen LogP contribution in [0.5, 0.6) is 5.75 Å². The maximum absolute atomic E-state index is 11.8. The highest BCUT2D eigenvalue weighted by Crippen LogP contribution is 2.27. The normalized spacial score (nSPS) is 17.1. The Balaban J connectivity index is 2.21. The minimum Gasteiger partial charge on any atom is -0.490 e. The number of hydrogen-bond acceptors (Lipinski definition) is 4. The molecule has 0 radical (unpaired) electrons. The third-order valence-electron chi connectivity index (χ3n) is 3.68. The molecule has 5 nitrogen and oxygen atoms in total. The Morgan fingerprint density at radius 1 is 1.30 bits per heavy atom. The second-order valence-corrected chi connectivity index (χ2v) is 6.95. The molecule has 3 N–H and O–H groups in total. The molecule has 1 fully saturated rings. The highest BCUT2D eigenvalue weighted by atomic mass is 32.2. The third kappa shape index (κ3) is 3.50. The third-order valence-corrected chi connectivity index (χ3v) is 5.09. The fourth-order valence-corrected chi connectivity index (χ4v) is 3.26. The van der Waals surface area contributed by atoms with Crippen molar-refractivity contribution >= 4 is 10.0 Å². The Morgan fingerprint density at radius 3 is 2.60 bits per heavy atom. The lowest BCUT2D eigenvalue weighted by Gasteiger charge is -2.24. The van der Waals surface area contributed by atoms with Crippen molar-refractivity contribution in [1.29, 1.82) is 0 Å². The van der Waals surface area contributed by atoms with Crippen molar-refractivity contribution in [2.24, 2.45) is 5.73 Å². The highest BCUT2D eigenvalue weighted by molar-refractivity contribution is 7.89. The van der Waals surface area contributed by atoms with Gasteiger partial charge < -0.3 is 10.5 Å². The largest absolute Gasteiger partial charge is 0.490 e. The van der Waals surface area contributed by atoms with Crippen LogP contribution < -0.4 is 15.2 Å². The zero-order chi connectivity index (χ0) is 14.6. The van der Waals surface area contributed by atoms with Crippen LogP contribution in [0.25, 0.3) is 0 Å². The van der Waals surface area contributed by atoms with Crippen molar-refractivity contribution in [1.82, 2.24) is 4.72 Å². The van der Waals surface area contributed by atoms with E-state index >= 15 is 0 Å². The van der Waals surface area contributed by atoms with Crippen LogP contribution in [0.3, 0.4) is 0 Å². The lowest BCUT2D eigenvalue weighted by Crippen LogP contribution is -2.21. The molecule has 0 spiro atoms. The Labute approximate surface area is 120 Å². The summed E-state index contributed by atoms with van der Waals surface area (Å²) in [5.74, 6) is 0.703. The van der Waals surface area contributed by atoms with Crippen LogP contribution >= 0.6 is 0 Å². The van der Waals surface area contributed by atoms with Gasteiger partial charge in [0.25, 0.3) is 0 Å². The molecule has 2 rings (SSSR count). The molecule has 112 valence electrons. The fraction of sp³-hybridized carbons (Fsp3) is 0.571. The van der Waals surface area contributed by atoms with Gasteiger partial charge in [-0.1, -0.05) is 6.42 Å². The van der Waals surface area contributed by atoms with Gasteiger partial charge >= 0.3 is 0 Å². The van der Waals surface area contributed by atoms with Crippen molar-refractivity contribution in [2.75, 3.05) is 7.05 Å². The lowest BCUT2D eigenvalue weighted by molar-refractivity contribution is 0.153. The van der Waals surface area contributed by atoms with Gasteiger partial charge in [-0.3, -0.25) is 0 Å². The molecule has 0 aromatic heterocycles. The molecule has 1 aliphatic rings. The number of hydrogen-bond donors (Lipinski definition) is 2. The second kappa shape index (κ2) is 6.56. The van der Waals surface area contributed by atoms with Crippen LogP contribution in [0, 0.1) is 0 Å². The molecule has 0 aliphatic heterocycles. The number of benzene rings is 1. The molecule has 6 heteroatoms. The van der Waals surface area contributed by atoms with Gasteiger partial charge in [0, 0.05) is 12.1 Å².